The molecule has 112 valence electrons. The SMILES string of the molecule is CC(C)(C)OC(=O)NC1(CO)COC(CCN)OC1. The van der Waals surface area contributed by atoms with Gasteiger partial charge >= 0.3 is 6.09 Å². The summed E-state index contributed by atoms with van der Waals surface area (Å²) in [6, 6.07) is 0. The lowest BCUT2D eigenvalue weighted by Crippen LogP contribution is -2.62. The topological polar surface area (TPSA) is 103 Å². The van der Waals surface area contributed by atoms with Gasteiger partial charge in [0.25, 0.3) is 0 Å². The highest BCUT2D eigenvalue weighted by molar-refractivity contribution is 5.68. The van der Waals surface area contributed by atoms with Gasteiger partial charge < -0.3 is 30.4 Å². The van der Waals surface area contributed by atoms with E-state index in [1.54, 1.807) is 20.8 Å². The molecule has 4 N–H and O–H groups in total. The molecule has 19 heavy (non-hydrogen) atoms. The van der Waals surface area contributed by atoms with Crippen molar-refractivity contribution in [3.8, 4) is 0 Å². The van der Waals surface area contributed by atoms with Crippen molar-refractivity contribution in [2.45, 2.75) is 44.6 Å². The molecule has 1 saturated heterocycles. The Labute approximate surface area is 113 Å². The maximum atomic E-state index is 11.7. The van der Waals surface area contributed by atoms with Crippen molar-refractivity contribution >= 4 is 6.09 Å². The van der Waals surface area contributed by atoms with E-state index < -0.39 is 17.2 Å². The average Bonchev–Trinajstić information content (AvgIpc) is 2.30. The van der Waals surface area contributed by atoms with Crippen molar-refractivity contribution in [3.63, 3.8) is 0 Å². The molecule has 0 unspecified atom stereocenters. The van der Waals surface area contributed by atoms with Gasteiger partial charge in [-0.05, 0) is 27.3 Å². The summed E-state index contributed by atoms with van der Waals surface area (Å²) < 4.78 is 16.0. The fourth-order valence-electron chi connectivity index (χ4n) is 1.62. The van der Waals surface area contributed by atoms with Gasteiger partial charge in [-0.15, -0.1) is 0 Å². The third-order valence-corrected chi connectivity index (χ3v) is 2.56. The van der Waals surface area contributed by atoms with Crippen LogP contribution in [-0.2, 0) is 14.2 Å². The lowest BCUT2D eigenvalue weighted by molar-refractivity contribution is -0.218. The molecule has 7 nitrogen and oxygen atoms in total. The Morgan fingerprint density at radius 2 is 2.05 bits per heavy atom. The average molecular weight is 276 g/mol. The molecule has 0 spiro atoms. The van der Waals surface area contributed by atoms with E-state index in [1.165, 1.54) is 0 Å². The number of nitrogens with two attached hydrogens (primary N) is 1. The lowest BCUT2D eigenvalue weighted by Gasteiger charge is -2.39. The van der Waals surface area contributed by atoms with E-state index in [2.05, 4.69) is 5.32 Å². The van der Waals surface area contributed by atoms with E-state index in [4.69, 9.17) is 19.9 Å². The highest BCUT2D eigenvalue weighted by atomic mass is 16.7. The van der Waals surface area contributed by atoms with Gasteiger partial charge in [0.1, 0.15) is 11.1 Å². The van der Waals surface area contributed by atoms with Crippen LogP contribution in [0.3, 0.4) is 0 Å². The number of aliphatic hydroxyl groups is 1. The number of ether oxygens (including phenoxy) is 3. The van der Waals surface area contributed by atoms with Crippen LogP contribution in [-0.4, -0.2) is 55.0 Å². The van der Waals surface area contributed by atoms with Crippen LogP contribution >= 0.6 is 0 Å². The molecule has 0 saturated carbocycles. The summed E-state index contributed by atoms with van der Waals surface area (Å²) >= 11 is 0. The molecule has 0 aromatic heterocycles. The van der Waals surface area contributed by atoms with E-state index in [1.807, 2.05) is 0 Å². The second-order valence-corrected chi connectivity index (χ2v) is 5.69. The summed E-state index contributed by atoms with van der Waals surface area (Å²) in [4.78, 5) is 11.7. The molecular weight excluding hydrogens is 252 g/mol. The van der Waals surface area contributed by atoms with Gasteiger partial charge in [-0.3, -0.25) is 0 Å². The number of alkyl carbamates (subject to hydrolysis) is 1. The quantitative estimate of drug-likeness (QED) is 0.666. The maximum absolute atomic E-state index is 11.7. The molecule has 7 heteroatoms. The van der Waals surface area contributed by atoms with Gasteiger partial charge in [-0.2, -0.15) is 0 Å². The van der Waals surface area contributed by atoms with E-state index >= 15 is 0 Å². The molecule has 1 fully saturated rings. The van der Waals surface area contributed by atoms with Crippen molar-refractivity contribution in [3.05, 3.63) is 0 Å². The van der Waals surface area contributed by atoms with Crippen LogP contribution in [0.15, 0.2) is 0 Å². The normalized spacial score (nSPS) is 27.9. The molecule has 0 atom stereocenters. The van der Waals surface area contributed by atoms with Crippen molar-refractivity contribution in [2.24, 2.45) is 5.73 Å². The monoisotopic (exact) mass is 276 g/mol. The number of hydrogen-bond donors (Lipinski definition) is 3. The number of rotatable bonds is 4. The molecule has 1 heterocycles. The fourth-order valence-corrected chi connectivity index (χ4v) is 1.62. The zero-order valence-corrected chi connectivity index (χ0v) is 11.8. The minimum atomic E-state index is -0.965. The van der Waals surface area contributed by atoms with Crippen molar-refractivity contribution in [1.82, 2.24) is 5.32 Å². The third-order valence-electron chi connectivity index (χ3n) is 2.56. The van der Waals surface area contributed by atoms with E-state index in [-0.39, 0.29) is 26.1 Å². The molecule has 0 radical (unpaired) electrons. The van der Waals surface area contributed by atoms with Crippen LogP contribution in [0.25, 0.3) is 0 Å². The Hall–Kier alpha value is -0.890. The van der Waals surface area contributed by atoms with Crippen LogP contribution in [0.4, 0.5) is 4.79 Å². The standard InChI is InChI=1S/C12H24N2O5/c1-11(2,3)19-10(16)14-12(6-15)7-17-9(4-5-13)18-8-12/h9,15H,4-8,13H2,1-3H3,(H,14,16). The smallest absolute Gasteiger partial charge is 0.408 e. The molecule has 0 aromatic rings. The van der Waals surface area contributed by atoms with E-state index in [0.717, 1.165) is 0 Å². The first-order valence-electron chi connectivity index (χ1n) is 6.35. The Morgan fingerprint density at radius 3 is 2.47 bits per heavy atom. The van der Waals surface area contributed by atoms with Crippen LogP contribution in [0.1, 0.15) is 27.2 Å². The lowest BCUT2D eigenvalue weighted by atomic mass is 10.0. The van der Waals surface area contributed by atoms with Crippen molar-refractivity contribution in [2.75, 3.05) is 26.4 Å². The Kier molecular flexibility index (Phi) is 5.54. The molecule has 1 rings (SSSR count). The number of carbonyl (C=O) groups is 1. The summed E-state index contributed by atoms with van der Waals surface area (Å²) in [6.07, 6.45) is -0.412. The minimum absolute atomic E-state index is 0.160. The first-order chi connectivity index (χ1) is 8.80. The molecule has 1 aliphatic heterocycles. The molecule has 0 aromatic carbocycles. The minimum Gasteiger partial charge on any atom is -0.444 e. The predicted molar refractivity (Wildman–Crippen MR) is 68.5 cm³/mol. The van der Waals surface area contributed by atoms with Crippen molar-refractivity contribution < 1.29 is 24.1 Å². The van der Waals surface area contributed by atoms with Gasteiger partial charge in [0, 0.05) is 6.42 Å². The van der Waals surface area contributed by atoms with Gasteiger partial charge in [-0.25, -0.2) is 4.79 Å². The molecular formula is C12H24N2O5. The van der Waals surface area contributed by atoms with Gasteiger partial charge in [0.05, 0.1) is 19.8 Å². The van der Waals surface area contributed by atoms with Crippen LogP contribution < -0.4 is 11.1 Å². The van der Waals surface area contributed by atoms with Crippen molar-refractivity contribution in [1.29, 1.82) is 0 Å². The maximum Gasteiger partial charge on any atom is 0.408 e. The second kappa shape index (κ2) is 6.51. The number of hydrogen-bond acceptors (Lipinski definition) is 6. The number of nitrogens with one attached hydrogen (secondary N) is 1. The largest absolute Gasteiger partial charge is 0.444 e. The van der Waals surface area contributed by atoms with Gasteiger partial charge in [-0.1, -0.05) is 0 Å². The Bertz CT molecular complexity index is 295. The molecule has 1 amide bonds. The zero-order chi connectivity index (χ0) is 14.5. The second-order valence-electron chi connectivity index (χ2n) is 5.69. The van der Waals surface area contributed by atoms with Gasteiger partial charge in [0.15, 0.2) is 6.29 Å². The van der Waals surface area contributed by atoms with Gasteiger partial charge in [0.2, 0.25) is 0 Å². The van der Waals surface area contributed by atoms with Crippen LogP contribution in [0.2, 0.25) is 0 Å². The first-order valence-corrected chi connectivity index (χ1v) is 6.35. The summed E-state index contributed by atoms with van der Waals surface area (Å²) in [5.41, 5.74) is 3.85. The number of carbonyl (C=O) groups excluding carboxylic acids is 1. The zero-order valence-electron chi connectivity index (χ0n) is 11.8. The number of amides is 1. The fraction of sp³-hybridized carbons (Fsp3) is 0.917. The summed E-state index contributed by atoms with van der Waals surface area (Å²) in [5.74, 6) is 0. The molecule has 0 bridgehead atoms. The summed E-state index contributed by atoms with van der Waals surface area (Å²) in [6.45, 7) is 5.79. The van der Waals surface area contributed by atoms with Crippen LogP contribution in [0.5, 0.6) is 0 Å². The first kappa shape index (κ1) is 16.2. The highest BCUT2D eigenvalue weighted by Gasteiger charge is 2.39. The molecule has 1 aliphatic rings. The van der Waals surface area contributed by atoms with Crippen LogP contribution in [0, 0.1) is 0 Å². The Morgan fingerprint density at radius 1 is 1.47 bits per heavy atom. The molecule has 0 aliphatic carbocycles. The third kappa shape index (κ3) is 5.32. The summed E-state index contributed by atoms with van der Waals surface area (Å²) in [5, 5.41) is 12.1. The highest BCUT2D eigenvalue weighted by Crippen LogP contribution is 2.18. The van der Waals surface area contributed by atoms with E-state index in [9.17, 15) is 9.90 Å². The summed E-state index contributed by atoms with van der Waals surface area (Å²) in [7, 11) is 0. The van der Waals surface area contributed by atoms with E-state index in [0.29, 0.717) is 13.0 Å². The number of aliphatic hydroxyl groups excluding tert-OH is 1. The predicted octanol–water partition coefficient (Wildman–Crippen LogP) is -0.0361. The Balaban J connectivity index is 2.51.